The number of aliphatic hydroxyl groups excluding tert-OH is 1. The van der Waals surface area contributed by atoms with E-state index in [1.165, 1.54) is 0 Å². The summed E-state index contributed by atoms with van der Waals surface area (Å²) in [6.07, 6.45) is 6.77. The number of ether oxygens (including phenoxy) is 1. The largest absolute Gasteiger partial charge is 0.477 e. The normalized spacial score (nSPS) is 26.5. The molecule has 1 saturated carbocycles. The molecule has 46 heavy (non-hydrogen) atoms. The summed E-state index contributed by atoms with van der Waals surface area (Å²) in [7, 11) is -1.55. The zero-order valence-electron chi connectivity index (χ0n) is 27.8. The zero-order chi connectivity index (χ0) is 32.6. The van der Waals surface area contributed by atoms with E-state index in [0.717, 1.165) is 79.4 Å². The fourth-order valence-corrected chi connectivity index (χ4v) is 9.24. The van der Waals surface area contributed by atoms with Gasteiger partial charge in [0.25, 0.3) is 0 Å². The van der Waals surface area contributed by atoms with Gasteiger partial charge in [0.2, 0.25) is 17.7 Å². The molecule has 1 spiro atoms. The predicted molar refractivity (Wildman–Crippen MR) is 182 cm³/mol. The summed E-state index contributed by atoms with van der Waals surface area (Å²) >= 11 is 0. The molecule has 1 aromatic heterocycles. The lowest BCUT2D eigenvalue weighted by Crippen LogP contribution is -2.58. The van der Waals surface area contributed by atoms with Gasteiger partial charge in [-0.25, -0.2) is 9.19 Å². The molecule has 3 heterocycles. The average molecular weight is 645 g/mol. The average Bonchev–Trinajstić information content (AvgIpc) is 3.43. The summed E-state index contributed by atoms with van der Waals surface area (Å²) in [5.41, 5.74) is 5.08. The van der Waals surface area contributed by atoms with E-state index in [2.05, 4.69) is 57.5 Å². The summed E-state index contributed by atoms with van der Waals surface area (Å²) in [6.45, 7) is 11.8. The zero-order valence-corrected chi connectivity index (χ0v) is 28.7. The number of hydrogen-bond acceptors (Lipinski definition) is 6. The third-order valence-corrected chi connectivity index (χ3v) is 11.4. The minimum absolute atomic E-state index is 0.0873. The highest BCUT2D eigenvalue weighted by Crippen LogP contribution is 2.54. The van der Waals surface area contributed by atoms with Crippen LogP contribution in [-0.2, 0) is 22.2 Å². The maximum Gasteiger partial charge on any atom is 0.248 e. The molecule has 2 aromatic carbocycles. The number of aryl methyl sites for hydroxylation is 3. The van der Waals surface area contributed by atoms with E-state index in [0.29, 0.717) is 29.2 Å². The Hall–Kier alpha value is -3.30. The van der Waals surface area contributed by atoms with Crippen LogP contribution in [-0.4, -0.2) is 55.4 Å². The minimum atomic E-state index is -1.55. The molecule has 2 N–H and O–H groups in total. The van der Waals surface area contributed by atoms with Gasteiger partial charge in [0.05, 0.1) is 17.2 Å². The van der Waals surface area contributed by atoms with E-state index in [4.69, 9.17) is 14.7 Å². The molecule has 3 atom stereocenters. The van der Waals surface area contributed by atoms with E-state index < -0.39 is 17.6 Å². The maximum absolute atomic E-state index is 13.6. The molecule has 0 radical (unpaired) electrons. The Kier molecular flexibility index (Phi) is 9.27. The standard InChI is InChI=1S/C37H48N4O4S/c1-24-9-6-10-25(2)34(24)31-18-32-39-35(38-31)40-46(44)29-12-7-11-26(17-29)13-14-30(28(23-45-32)19-36(3,4)5)27-20-37(21-27)15-8-16-41(37)33(43)22-42/h6-7,9-12,17-18,27-28,30,42H,8,13-16,19-23H2,1-5H3,(H,38,39,40)/t27?,28-,30?,37?,46?/m1/s1. The number of hydrogen-bond donors (Lipinski definition) is 2. The molecular formula is C37H48N4O4S. The maximum atomic E-state index is 13.6. The number of aromatic nitrogens is 2. The van der Waals surface area contributed by atoms with Crippen LogP contribution in [0.15, 0.2) is 53.4 Å². The molecule has 8 nitrogen and oxygen atoms in total. The number of fused-ring (bicyclic) bond motifs is 4. The van der Waals surface area contributed by atoms with Crippen LogP contribution < -0.4 is 9.46 Å². The molecule has 1 saturated heterocycles. The molecule has 2 fully saturated rings. The van der Waals surface area contributed by atoms with Crippen LogP contribution in [0.2, 0.25) is 0 Å². The predicted octanol–water partition coefficient (Wildman–Crippen LogP) is 6.65. The van der Waals surface area contributed by atoms with Gasteiger partial charge >= 0.3 is 0 Å². The van der Waals surface area contributed by atoms with Gasteiger partial charge in [-0.15, -0.1) is 0 Å². The van der Waals surface area contributed by atoms with E-state index in [9.17, 15) is 14.1 Å². The second-order valence-electron chi connectivity index (χ2n) is 14.9. The number of benzene rings is 2. The molecule has 3 aromatic rings. The second kappa shape index (κ2) is 13.1. The Morgan fingerprint density at radius 2 is 1.85 bits per heavy atom. The van der Waals surface area contributed by atoms with Crippen LogP contribution in [0.5, 0.6) is 5.88 Å². The fourth-order valence-electron chi connectivity index (χ4n) is 8.41. The van der Waals surface area contributed by atoms with Crippen molar-refractivity contribution in [2.24, 2.45) is 23.2 Å². The number of aliphatic hydroxyl groups is 1. The van der Waals surface area contributed by atoms with Crippen LogP contribution in [0.1, 0.15) is 76.0 Å². The number of carbonyl (C=O) groups is 1. The van der Waals surface area contributed by atoms with Gasteiger partial charge in [-0.2, -0.15) is 4.98 Å². The number of likely N-dealkylation sites (tertiary alicyclic amines) is 1. The second-order valence-corrected chi connectivity index (χ2v) is 16.2. The Labute approximate surface area is 276 Å². The van der Waals surface area contributed by atoms with Crippen molar-refractivity contribution in [2.45, 2.75) is 90.0 Å². The Morgan fingerprint density at radius 3 is 2.57 bits per heavy atom. The lowest BCUT2D eigenvalue weighted by molar-refractivity contribution is -0.145. The molecule has 2 aliphatic heterocycles. The van der Waals surface area contributed by atoms with Crippen molar-refractivity contribution in [3.05, 3.63) is 65.2 Å². The Morgan fingerprint density at radius 1 is 1.11 bits per heavy atom. The monoisotopic (exact) mass is 644 g/mol. The molecule has 1 amide bonds. The first-order valence-corrected chi connectivity index (χ1v) is 17.9. The summed E-state index contributed by atoms with van der Waals surface area (Å²) in [5.74, 6) is 1.68. The number of anilines is 1. The van der Waals surface area contributed by atoms with E-state index >= 15 is 0 Å². The Balaban J connectivity index is 1.38. The van der Waals surface area contributed by atoms with Crippen molar-refractivity contribution in [3.8, 4) is 17.1 Å². The lowest BCUT2D eigenvalue weighted by atomic mass is 9.57. The summed E-state index contributed by atoms with van der Waals surface area (Å²) in [6, 6.07) is 16.1. The number of nitrogens with zero attached hydrogens (tertiary/aromatic N) is 3. The molecular weight excluding hydrogens is 596 g/mol. The van der Waals surface area contributed by atoms with Crippen molar-refractivity contribution in [1.29, 1.82) is 0 Å². The van der Waals surface area contributed by atoms with Gasteiger partial charge in [-0.3, -0.25) is 9.52 Å². The topological polar surface area (TPSA) is 105 Å². The SMILES string of the molecule is Cc1cccc(C)c1-c1cc2nc(n1)NS(=O)c1cccc(c1)CCC(C1CC3(CCCN3C(=O)CO)C1)[C@H](CC(C)(C)C)CO2. The van der Waals surface area contributed by atoms with Gasteiger partial charge in [-0.05, 0) is 111 Å². The minimum Gasteiger partial charge on any atom is -0.477 e. The fraction of sp³-hybridized carbons (Fsp3) is 0.541. The molecule has 3 aliphatic rings. The summed E-state index contributed by atoms with van der Waals surface area (Å²) in [5, 5.41) is 9.67. The number of rotatable bonds is 4. The molecule has 2 unspecified atom stereocenters. The van der Waals surface area contributed by atoms with Gasteiger partial charge in [0.1, 0.15) is 6.61 Å². The quantitative estimate of drug-likeness (QED) is 0.330. The van der Waals surface area contributed by atoms with E-state index in [1.807, 2.05) is 35.2 Å². The molecule has 9 heteroatoms. The third kappa shape index (κ3) is 6.86. The molecule has 6 rings (SSSR count). The smallest absolute Gasteiger partial charge is 0.248 e. The number of carbonyl (C=O) groups excluding carboxylic acids is 1. The number of amides is 1. The van der Waals surface area contributed by atoms with Crippen molar-refractivity contribution in [3.63, 3.8) is 0 Å². The van der Waals surface area contributed by atoms with Crippen molar-refractivity contribution < 1.29 is 18.8 Å². The molecule has 246 valence electrons. The van der Waals surface area contributed by atoms with Crippen molar-refractivity contribution in [2.75, 3.05) is 24.5 Å². The summed E-state index contributed by atoms with van der Waals surface area (Å²) in [4.78, 5) is 24.9. The van der Waals surface area contributed by atoms with Gasteiger partial charge in [0, 0.05) is 23.7 Å². The number of nitrogens with one attached hydrogen (secondary N) is 1. The third-order valence-electron chi connectivity index (χ3n) is 10.4. The highest BCUT2D eigenvalue weighted by atomic mass is 32.2. The van der Waals surface area contributed by atoms with Crippen LogP contribution in [0.4, 0.5) is 5.95 Å². The van der Waals surface area contributed by atoms with Crippen LogP contribution in [0.3, 0.4) is 0 Å². The van der Waals surface area contributed by atoms with E-state index in [1.54, 1.807) is 0 Å². The van der Waals surface area contributed by atoms with Crippen LogP contribution in [0, 0.1) is 37.0 Å². The first-order valence-electron chi connectivity index (χ1n) is 16.7. The van der Waals surface area contributed by atoms with Gasteiger partial charge in [0.15, 0.2) is 11.0 Å². The Bertz CT molecular complexity index is 1590. The highest BCUT2D eigenvalue weighted by molar-refractivity contribution is 7.86. The first-order chi connectivity index (χ1) is 21.9. The van der Waals surface area contributed by atoms with Crippen molar-refractivity contribution in [1.82, 2.24) is 14.9 Å². The van der Waals surface area contributed by atoms with Crippen LogP contribution in [0.25, 0.3) is 11.3 Å². The van der Waals surface area contributed by atoms with Gasteiger partial charge < -0.3 is 14.7 Å². The van der Waals surface area contributed by atoms with Crippen molar-refractivity contribution >= 4 is 22.8 Å². The highest BCUT2D eigenvalue weighted by Gasteiger charge is 2.55. The van der Waals surface area contributed by atoms with Crippen LogP contribution >= 0.6 is 0 Å². The van der Waals surface area contributed by atoms with E-state index in [-0.39, 0.29) is 28.7 Å². The lowest BCUT2D eigenvalue weighted by Gasteiger charge is -2.54. The molecule has 4 bridgehead atoms. The van der Waals surface area contributed by atoms with Gasteiger partial charge in [-0.1, -0.05) is 51.1 Å². The first kappa shape index (κ1) is 32.6. The summed E-state index contributed by atoms with van der Waals surface area (Å²) < 4.78 is 23.2. The molecule has 1 aliphatic carbocycles.